The Morgan fingerprint density at radius 3 is 2.71 bits per heavy atom. The number of carbonyl (C=O) groups excluding carboxylic acids is 1. The number of carbonyl (C=O) groups is 1. The van der Waals surface area contributed by atoms with E-state index in [1.54, 1.807) is 12.1 Å². The predicted molar refractivity (Wildman–Crippen MR) is 98.0 cm³/mol. The van der Waals surface area contributed by atoms with Crippen LogP contribution in [0.25, 0.3) is 0 Å². The summed E-state index contributed by atoms with van der Waals surface area (Å²) in [5.41, 5.74) is 1.12. The van der Waals surface area contributed by atoms with E-state index in [9.17, 15) is 4.79 Å². The minimum absolute atomic E-state index is 0.133. The minimum Gasteiger partial charge on any atom is -0.496 e. The zero-order valence-corrected chi connectivity index (χ0v) is 15.9. The standard InChI is InChI=1S/C18H21ClFNO2S/c1-5-6-9-21-11(2)12(3)24-18(21)16(20)17(22)14-10-13(19)7-8-15(14)23-4/h7-8,10H,5-6,9H2,1-4H3/b18-16+. The number of ether oxygens (including phenoxy) is 1. The van der Waals surface area contributed by atoms with Crippen molar-refractivity contribution < 1.29 is 13.9 Å². The Bertz CT molecular complexity index is 715. The Morgan fingerprint density at radius 1 is 1.38 bits per heavy atom. The summed E-state index contributed by atoms with van der Waals surface area (Å²) in [5.74, 6) is -1.17. The Kier molecular flexibility index (Phi) is 6.35. The fourth-order valence-corrected chi connectivity index (χ4v) is 3.68. The van der Waals surface area contributed by atoms with Gasteiger partial charge in [0.05, 0.1) is 12.7 Å². The van der Waals surface area contributed by atoms with E-state index in [0.29, 0.717) is 22.3 Å². The van der Waals surface area contributed by atoms with Crippen molar-refractivity contribution in [3.8, 4) is 5.75 Å². The predicted octanol–water partition coefficient (Wildman–Crippen LogP) is 5.77. The van der Waals surface area contributed by atoms with Crippen molar-refractivity contribution in [1.82, 2.24) is 4.90 Å². The molecule has 0 aromatic heterocycles. The molecule has 0 saturated carbocycles. The number of methoxy groups -OCH3 is 1. The van der Waals surface area contributed by atoms with Crippen LogP contribution in [0.4, 0.5) is 4.39 Å². The Balaban J connectivity index is 2.42. The Hall–Kier alpha value is -1.46. The molecule has 1 aliphatic heterocycles. The molecule has 0 saturated heterocycles. The number of hydrogen-bond donors (Lipinski definition) is 0. The largest absolute Gasteiger partial charge is 0.496 e. The van der Waals surface area contributed by atoms with Crippen LogP contribution in [0.15, 0.2) is 39.7 Å². The summed E-state index contributed by atoms with van der Waals surface area (Å²) in [7, 11) is 1.44. The highest BCUT2D eigenvalue weighted by atomic mass is 35.5. The SMILES string of the molecule is CCCCN1C(C)=C(C)S/C1=C(/F)C(=O)c1cc(Cl)ccc1OC. The molecule has 2 rings (SSSR count). The monoisotopic (exact) mass is 369 g/mol. The summed E-state index contributed by atoms with van der Waals surface area (Å²) in [4.78, 5) is 15.6. The van der Waals surface area contributed by atoms with E-state index in [4.69, 9.17) is 16.3 Å². The lowest BCUT2D eigenvalue weighted by Gasteiger charge is -2.21. The quantitative estimate of drug-likeness (QED) is 0.470. The van der Waals surface area contributed by atoms with Crippen molar-refractivity contribution in [3.63, 3.8) is 0 Å². The molecule has 130 valence electrons. The van der Waals surface area contributed by atoms with Crippen molar-refractivity contribution in [3.05, 3.63) is 50.2 Å². The van der Waals surface area contributed by atoms with Gasteiger partial charge in [0, 0.05) is 22.2 Å². The molecule has 1 aromatic carbocycles. The average Bonchev–Trinajstić information content (AvgIpc) is 2.86. The first-order chi connectivity index (χ1) is 11.4. The molecule has 0 bridgehead atoms. The first-order valence-corrected chi connectivity index (χ1v) is 9.01. The van der Waals surface area contributed by atoms with Gasteiger partial charge >= 0.3 is 0 Å². The van der Waals surface area contributed by atoms with Crippen molar-refractivity contribution in [2.24, 2.45) is 0 Å². The first kappa shape index (κ1) is 18.9. The highest BCUT2D eigenvalue weighted by Crippen LogP contribution is 2.43. The van der Waals surface area contributed by atoms with E-state index in [2.05, 4.69) is 6.92 Å². The van der Waals surface area contributed by atoms with Gasteiger partial charge in [-0.15, -0.1) is 0 Å². The second kappa shape index (κ2) is 8.08. The maximum absolute atomic E-state index is 15.0. The third-order valence-electron chi connectivity index (χ3n) is 3.94. The van der Waals surface area contributed by atoms with E-state index >= 15 is 4.39 Å². The van der Waals surface area contributed by atoms with E-state index in [1.165, 1.54) is 24.9 Å². The fourth-order valence-electron chi connectivity index (χ4n) is 2.44. The summed E-state index contributed by atoms with van der Waals surface area (Å²) < 4.78 is 20.2. The zero-order valence-electron chi connectivity index (χ0n) is 14.3. The summed E-state index contributed by atoms with van der Waals surface area (Å²) in [6, 6.07) is 4.61. The summed E-state index contributed by atoms with van der Waals surface area (Å²) in [6.07, 6.45) is 1.93. The van der Waals surface area contributed by atoms with Gasteiger partial charge in [-0.2, -0.15) is 4.39 Å². The molecule has 0 atom stereocenters. The fraction of sp³-hybridized carbons (Fsp3) is 0.389. The number of allylic oxidation sites excluding steroid dienone is 3. The minimum atomic E-state index is -0.770. The maximum atomic E-state index is 15.0. The van der Waals surface area contributed by atoms with Crippen molar-refractivity contribution in [2.45, 2.75) is 33.6 Å². The van der Waals surface area contributed by atoms with E-state index in [0.717, 1.165) is 23.4 Å². The molecule has 0 N–H and O–H groups in total. The van der Waals surface area contributed by atoms with Gasteiger partial charge in [-0.25, -0.2) is 0 Å². The maximum Gasteiger partial charge on any atom is 0.227 e. The molecule has 24 heavy (non-hydrogen) atoms. The van der Waals surface area contributed by atoms with Crippen LogP contribution in [0.1, 0.15) is 44.0 Å². The number of nitrogens with zero attached hydrogens (tertiary/aromatic N) is 1. The smallest absolute Gasteiger partial charge is 0.227 e. The third-order valence-corrected chi connectivity index (χ3v) is 5.37. The number of Topliss-reactive ketones (excluding diaryl/α,β-unsaturated/α-hetero) is 1. The number of unbranched alkanes of at least 4 members (excludes halogenated alkanes) is 1. The lowest BCUT2D eigenvalue weighted by atomic mass is 10.1. The van der Waals surface area contributed by atoms with Crippen molar-refractivity contribution in [2.75, 3.05) is 13.7 Å². The Morgan fingerprint density at radius 2 is 2.08 bits per heavy atom. The van der Waals surface area contributed by atoms with Crippen molar-refractivity contribution >= 4 is 29.1 Å². The van der Waals surface area contributed by atoms with Crippen LogP contribution in [0.5, 0.6) is 5.75 Å². The van der Waals surface area contributed by atoms with Gasteiger partial charge in [0.15, 0.2) is 0 Å². The number of benzene rings is 1. The highest BCUT2D eigenvalue weighted by molar-refractivity contribution is 8.06. The van der Waals surface area contributed by atoms with Crippen LogP contribution in [-0.4, -0.2) is 24.3 Å². The first-order valence-electron chi connectivity index (χ1n) is 7.81. The number of rotatable bonds is 6. The molecule has 0 unspecified atom stereocenters. The lowest BCUT2D eigenvalue weighted by molar-refractivity contribution is 0.0998. The van der Waals surface area contributed by atoms with Crippen molar-refractivity contribution in [1.29, 1.82) is 0 Å². The second-order valence-electron chi connectivity index (χ2n) is 5.54. The second-order valence-corrected chi connectivity index (χ2v) is 7.18. The molecule has 0 radical (unpaired) electrons. The van der Waals surface area contributed by atoms with Gasteiger partial charge in [-0.1, -0.05) is 36.7 Å². The molecule has 0 fully saturated rings. The Labute approximate surface area is 151 Å². The number of thioether (sulfide) groups is 1. The normalized spacial score (nSPS) is 16.7. The molecule has 6 heteroatoms. The average molecular weight is 370 g/mol. The summed E-state index contributed by atoms with van der Waals surface area (Å²) >= 11 is 7.25. The van der Waals surface area contributed by atoms with Gasteiger partial charge in [0.2, 0.25) is 11.6 Å². The van der Waals surface area contributed by atoms with Crippen LogP contribution in [0.2, 0.25) is 5.02 Å². The van der Waals surface area contributed by atoms with Gasteiger partial charge in [0.1, 0.15) is 10.8 Å². The van der Waals surface area contributed by atoms with Crippen LogP contribution in [0, 0.1) is 0 Å². The molecular weight excluding hydrogens is 349 g/mol. The number of halogens is 2. The van der Waals surface area contributed by atoms with Gasteiger partial charge in [-0.05, 0) is 38.5 Å². The topological polar surface area (TPSA) is 29.5 Å². The molecule has 1 heterocycles. The lowest BCUT2D eigenvalue weighted by Crippen LogP contribution is -2.20. The van der Waals surface area contributed by atoms with Crippen LogP contribution in [0.3, 0.4) is 0 Å². The molecular formula is C18H21ClFNO2S. The van der Waals surface area contributed by atoms with Gasteiger partial charge < -0.3 is 9.64 Å². The highest BCUT2D eigenvalue weighted by Gasteiger charge is 2.30. The molecule has 1 aromatic rings. The number of ketones is 1. The molecule has 0 spiro atoms. The molecule has 3 nitrogen and oxygen atoms in total. The van der Waals surface area contributed by atoms with E-state index in [-0.39, 0.29) is 5.56 Å². The van der Waals surface area contributed by atoms with Gasteiger partial charge in [-0.3, -0.25) is 4.79 Å². The van der Waals surface area contributed by atoms with Crippen LogP contribution >= 0.6 is 23.4 Å². The van der Waals surface area contributed by atoms with Gasteiger partial charge in [0.25, 0.3) is 0 Å². The molecule has 0 aliphatic carbocycles. The zero-order chi connectivity index (χ0) is 17.9. The summed E-state index contributed by atoms with van der Waals surface area (Å²) in [5, 5.41) is 0.717. The van der Waals surface area contributed by atoms with E-state index in [1.807, 2.05) is 18.7 Å². The van der Waals surface area contributed by atoms with Crippen LogP contribution < -0.4 is 4.74 Å². The number of hydrogen-bond acceptors (Lipinski definition) is 4. The van der Waals surface area contributed by atoms with Crippen LogP contribution in [-0.2, 0) is 0 Å². The summed E-state index contributed by atoms with van der Waals surface area (Å²) in [6.45, 7) is 6.65. The molecule has 1 aliphatic rings. The molecule has 0 amide bonds. The third kappa shape index (κ3) is 3.78. The van der Waals surface area contributed by atoms with E-state index < -0.39 is 11.6 Å².